The molecule has 4 aromatic heterocycles. The Balaban J connectivity index is 1.39. The summed E-state index contributed by atoms with van der Waals surface area (Å²) >= 11 is 0. The van der Waals surface area contributed by atoms with E-state index in [1.807, 2.05) is 30.6 Å². The Morgan fingerprint density at radius 1 is 1.30 bits per heavy atom. The molecule has 0 saturated carbocycles. The summed E-state index contributed by atoms with van der Waals surface area (Å²) in [5.74, 6) is 0.0761. The van der Waals surface area contributed by atoms with Gasteiger partial charge in [0.05, 0.1) is 23.6 Å². The number of halogens is 1. The van der Waals surface area contributed by atoms with Crippen LogP contribution in [-0.2, 0) is 0 Å². The molecule has 1 aliphatic rings. The molecule has 1 aliphatic heterocycles. The number of H-pyrrole nitrogens is 1. The van der Waals surface area contributed by atoms with Gasteiger partial charge in [0.1, 0.15) is 24.7 Å². The highest BCUT2D eigenvalue weighted by atomic mass is 19.1. The summed E-state index contributed by atoms with van der Waals surface area (Å²) in [5, 5.41) is 14.7. The van der Waals surface area contributed by atoms with Gasteiger partial charge in [0.25, 0.3) is 0 Å². The number of hydrogen-bond acceptors (Lipinski definition) is 6. The van der Waals surface area contributed by atoms with Crippen molar-refractivity contribution in [1.82, 2.24) is 29.7 Å². The summed E-state index contributed by atoms with van der Waals surface area (Å²) < 4.78 is 15.8. The minimum Gasteiger partial charge on any atom is -0.369 e. The molecule has 8 nitrogen and oxygen atoms in total. The van der Waals surface area contributed by atoms with Crippen LogP contribution in [0.5, 0.6) is 0 Å². The lowest BCUT2D eigenvalue weighted by atomic mass is 10.00. The van der Waals surface area contributed by atoms with Gasteiger partial charge in [-0.15, -0.1) is 0 Å². The normalized spacial score (nSPS) is 17.3. The van der Waals surface area contributed by atoms with E-state index in [9.17, 15) is 9.65 Å². The zero-order valence-electron chi connectivity index (χ0n) is 16.1. The van der Waals surface area contributed by atoms with Gasteiger partial charge in [-0.3, -0.25) is 4.68 Å². The lowest BCUT2D eigenvalue weighted by molar-refractivity contribution is 0.257. The van der Waals surface area contributed by atoms with E-state index in [-0.39, 0.29) is 12.0 Å². The molecule has 0 bridgehead atoms. The Labute approximate surface area is 172 Å². The number of alkyl halides is 1. The fourth-order valence-corrected chi connectivity index (χ4v) is 4.22. The highest BCUT2D eigenvalue weighted by molar-refractivity contribution is 5.89. The maximum atomic E-state index is 14.1. The van der Waals surface area contributed by atoms with E-state index in [0.717, 1.165) is 40.9 Å². The standard InChI is InChI=1S/C21H19FN8/c22-8-19(14-4-7-29(11-14)18-2-1-5-24-17(18)9-23)30-12-15(10-28-30)20-16-3-6-25-21(16)27-13-26-20/h1-3,5-6,10,12-14,19H,4,7-8,11H2,(H,25,26,27). The van der Waals surface area contributed by atoms with E-state index < -0.39 is 6.67 Å². The first-order valence-electron chi connectivity index (χ1n) is 9.77. The number of fused-ring (bicyclic) bond motifs is 1. The van der Waals surface area contributed by atoms with Crippen LogP contribution in [0.3, 0.4) is 0 Å². The van der Waals surface area contributed by atoms with Crippen LogP contribution in [0.15, 0.2) is 49.3 Å². The average molecular weight is 402 g/mol. The van der Waals surface area contributed by atoms with Crippen molar-refractivity contribution in [3.63, 3.8) is 0 Å². The first-order valence-corrected chi connectivity index (χ1v) is 9.77. The molecule has 0 amide bonds. The van der Waals surface area contributed by atoms with Gasteiger partial charge in [0.15, 0.2) is 5.69 Å². The summed E-state index contributed by atoms with van der Waals surface area (Å²) in [7, 11) is 0. The fourth-order valence-electron chi connectivity index (χ4n) is 4.22. The molecule has 0 aromatic carbocycles. The second-order valence-corrected chi connectivity index (χ2v) is 7.37. The van der Waals surface area contributed by atoms with Crippen molar-refractivity contribution in [1.29, 1.82) is 5.26 Å². The molecule has 0 radical (unpaired) electrons. The number of rotatable bonds is 5. The quantitative estimate of drug-likeness (QED) is 0.551. The SMILES string of the molecule is N#Cc1ncccc1N1CCC(C(CF)n2cc(-c3ncnc4[nH]ccc34)cn2)C1. The van der Waals surface area contributed by atoms with Gasteiger partial charge >= 0.3 is 0 Å². The van der Waals surface area contributed by atoms with Crippen LogP contribution < -0.4 is 4.90 Å². The van der Waals surface area contributed by atoms with Crippen molar-refractivity contribution in [2.75, 3.05) is 24.7 Å². The second kappa shape index (κ2) is 7.55. The lowest BCUT2D eigenvalue weighted by Crippen LogP contribution is -2.26. The summed E-state index contributed by atoms with van der Waals surface area (Å²) in [4.78, 5) is 17.9. The number of aromatic nitrogens is 6. The van der Waals surface area contributed by atoms with Crippen molar-refractivity contribution in [3.05, 3.63) is 55.0 Å². The van der Waals surface area contributed by atoms with E-state index in [1.165, 1.54) is 6.33 Å². The van der Waals surface area contributed by atoms with E-state index >= 15 is 0 Å². The summed E-state index contributed by atoms with van der Waals surface area (Å²) in [6.45, 7) is 0.895. The highest BCUT2D eigenvalue weighted by Gasteiger charge is 2.32. The monoisotopic (exact) mass is 402 g/mol. The largest absolute Gasteiger partial charge is 0.369 e. The van der Waals surface area contributed by atoms with Crippen LogP contribution in [0.1, 0.15) is 18.2 Å². The first kappa shape index (κ1) is 18.2. The zero-order chi connectivity index (χ0) is 20.5. The smallest absolute Gasteiger partial charge is 0.163 e. The summed E-state index contributed by atoms with van der Waals surface area (Å²) in [6, 6.07) is 7.39. The van der Waals surface area contributed by atoms with Crippen LogP contribution in [0, 0.1) is 17.2 Å². The number of pyridine rings is 1. The minimum atomic E-state index is -0.513. The topological polar surface area (TPSA) is 99.3 Å². The maximum Gasteiger partial charge on any atom is 0.163 e. The van der Waals surface area contributed by atoms with Gasteiger partial charge in [-0.25, -0.2) is 19.3 Å². The van der Waals surface area contributed by atoms with Gasteiger partial charge in [0, 0.05) is 48.5 Å². The van der Waals surface area contributed by atoms with Gasteiger partial charge < -0.3 is 9.88 Å². The summed E-state index contributed by atoms with van der Waals surface area (Å²) in [5.41, 5.74) is 3.56. The van der Waals surface area contributed by atoms with E-state index in [1.54, 1.807) is 17.1 Å². The molecule has 2 atom stereocenters. The van der Waals surface area contributed by atoms with Crippen LogP contribution in [0.2, 0.25) is 0 Å². The fraction of sp³-hybridized carbons (Fsp3) is 0.286. The van der Waals surface area contributed by atoms with Crippen LogP contribution in [0.4, 0.5) is 10.1 Å². The minimum absolute atomic E-state index is 0.0761. The van der Waals surface area contributed by atoms with Crippen molar-refractivity contribution >= 4 is 16.7 Å². The van der Waals surface area contributed by atoms with Gasteiger partial charge in [0.2, 0.25) is 0 Å². The number of nitrogens with one attached hydrogen (secondary N) is 1. The zero-order valence-corrected chi connectivity index (χ0v) is 16.1. The molecule has 1 saturated heterocycles. The Hall–Kier alpha value is -3.80. The average Bonchev–Trinajstić information content (AvgIpc) is 3.55. The second-order valence-electron chi connectivity index (χ2n) is 7.37. The molecule has 2 unspecified atom stereocenters. The number of nitrogens with zero attached hydrogens (tertiary/aromatic N) is 7. The highest BCUT2D eigenvalue weighted by Crippen LogP contribution is 2.33. The maximum absolute atomic E-state index is 14.1. The molecule has 5 heterocycles. The number of hydrogen-bond donors (Lipinski definition) is 1. The molecule has 1 fully saturated rings. The van der Waals surface area contributed by atoms with Gasteiger partial charge in [-0.05, 0) is 24.6 Å². The molecule has 4 aromatic rings. The molecule has 0 spiro atoms. The van der Waals surface area contributed by atoms with Crippen molar-refractivity contribution < 1.29 is 4.39 Å². The van der Waals surface area contributed by atoms with Crippen LogP contribution in [-0.4, -0.2) is 49.5 Å². The van der Waals surface area contributed by atoms with Gasteiger partial charge in [-0.2, -0.15) is 10.4 Å². The van der Waals surface area contributed by atoms with Gasteiger partial charge in [-0.1, -0.05) is 0 Å². The molecular formula is C21H19FN8. The molecule has 150 valence electrons. The molecule has 0 aliphatic carbocycles. The predicted octanol–water partition coefficient (Wildman–Crippen LogP) is 3.13. The number of anilines is 1. The molecule has 9 heteroatoms. The molecule has 5 rings (SSSR count). The number of nitriles is 1. The van der Waals surface area contributed by atoms with E-state index in [4.69, 9.17) is 0 Å². The van der Waals surface area contributed by atoms with E-state index in [0.29, 0.717) is 12.2 Å². The first-order chi connectivity index (χ1) is 14.8. The molecule has 30 heavy (non-hydrogen) atoms. The Morgan fingerprint density at radius 2 is 2.23 bits per heavy atom. The third kappa shape index (κ3) is 3.06. The third-order valence-corrected chi connectivity index (χ3v) is 5.73. The third-order valence-electron chi connectivity index (χ3n) is 5.73. The Kier molecular flexibility index (Phi) is 4.59. The van der Waals surface area contributed by atoms with Crippen molar-refractivity contribution in [3.8, 4) is 17.3 Å². The molecular weight excluding hydrogens is 383 g/mol. The van der Waals surface area contributed by atoms with Crippen LogP contribution >= 0.6 is 0 Å². The predicted molar refractivity (Wildman–Crippen MR) is 109 cm³/mol. The molecule has 1 N–H and O–H groups in total. The van der Waals surface area contributed by atoms with Crippen molar-refractivity contribution in [2.24, 2.45) is 5.92 Å². The van der Waals surface area contributed by atoms with Crippen LogP contribution in [0.25, 0.3) is 22.3 Å². The van der Waals surface area contributed by atoms with Crippen molar-refractivity contribution in [2.45, 2.75) is 12.5 Å². The van der Waals surface area contributed by atoms with E-state index in [2.05, 4.69) is 36.0 Å². The Morgan fingerprint density at radius 3 is 3.10 bits per heavy atom. The number of aromatic amines is 1. The lowest BCUT2D eigenvalue weighted by Gasteiger charge is -2.23. The summed E-state index contributed by atoms with van der Waals surface area (Å²) in [6.07, 6.45) is 9.33. The Bertz CT molecular complexity index is 1220.